The van der Waals surface area contributed by atoms with Gasteiger partial charge in [-0.2, -0.15) is 0 Å². The van der Waals surface area contributed by atoms with Crippen LogP contribution in [0, 0.1) is 6.92 Å². The first-order chi connectivity index (χ1) is 12.1. The Morgan fingerprint density at radius 2 is 2.00 bits per heavy atom. The highest BCUT2D eigenvalue weighted by molar-refractivity contribution is 6.01. The second-order valence-electron chi connectivity index (χ2n) is 6.22. The molecule has 5 heteroatoms. The Bertz CT molecular complexity index is 743. The maximum absolute atomic E-state index is 12.7. The number of aliphatic hydroxyl groups is 1. The van der Waals surface area contributed by atoms with Crippen molar-refractivity contribution in [3.05, 3.63) is 53.6 Å². The lowest BCUT2D eigenvalue weighted by atomic mass is 10.1. The van der Waals surface area contributed by atoms with Gasteiger partial charge in [0.2, 0.25) is 5.91 Å². The fourth-order valence-electron chi connectivity index (χ4n) is 3.09. The van der Waals surface area contributed by atoms with Gasteiger partial charge in [0.25, 0.3) is 0 Å². The average molecular weight is 340 g/mol. The Morgan fingerprint density at radius 1 is 1.24 bits per heavy atom. The second-order valence-corrected chi connectivity index (χ2v) is 6.22. The summed E-state index contributed by atoms with van der Waals surface area (Å²) in [7, 11) is 0. The normalized spacial score (nSPS) is 17.0. The van der Waals surface area contributed by atoms with Crippen LogP contribution >= 0.6 is 0 Å². The molecule has 1 aliphatic rings. The number of nitrogens with one attached hydrogen (secondary N) is 1. The number of ether oxygens (including phenoxy) is 1. The van der Waals surface area contributed by atoms with Crippen LogP contribution < -0.4 is 15.0 Å². The van der Waals surface area contributed by atoms with E-state index in [2.05, 4.69) is 5.32 Å². The van der Waals surface area contributed by atoms with Crippen molar-refractivity contribution >= 4 is 17.3 Å². The van der Waals surface area contributed by atoms with Gasteiger partial charge >= 0.3 is 0 Å². The predicted molar refractivity (Wildman–Crippen MR) is 99.1 cm³/mol. The summed E-state index contributed by atoms with van der Waals surface area (Å²) in [5.41, 5.74) is 3.64. The molecule has 132 valence electrons. The summed E-state index contributed by atoms with van der Waals surface area (Å²) in [5, 5.41) is 12.8. The highest BCUT2D eigenvalue weighted by Gasteiger charge is 2.32. The highest BCUT2D eigenvalue weighted by atomic mass is 16.5. The minimum absolute atomic E-state index is 0.0725. The third-order valence-electron chi connectivity index (χ3n) is 4.42. The van der Waals surface area contributed by atoms with Crippen LogP contribution in [0.2, 0.25) is 0 Å². The van der Waals surface area contributed by atoms with E-state index in [4.69, 9.17) is 4.74 Å². The van der Waals surface area contributed by atoms with Gasteiger partial charge in [0.05, 0.1) is 13.2 Å². The quantitative estimate of drug-likeness (QED) is 0.848. The lowest BCUT2D eigenvalue weighted by Gasteiger charge is -2.18. The summed E-state index contributed by atoms with van der Waals surface area (Å²) >= 11 is 0. The van der Waals surface area contributed by atoms with Gasteiger partial charge in [-0.05, 0) is 50.6 Å². The molecule has 1 amide bonds. The van der Waals surface area contributed by atoms with E-state index in [1.807, 2.05) is 61.2 Å². The van der Waals surface area contributed by atoms with Crippen molar-refractivity contribution in [1.82, 2.24) is 0 Å². The molecule has 1 unspecified atom stereocenters. The molecule has 0 spiro atoms. The number of anilines is 2. The molecular weight excluding hydrogens is 316 g/mol. The Balaban J connectivity index is 1.71. The van der Waals surface area contributed by atoms with Crippen LogP contribution in [0.4, 0.5) is 11.4 Å². The largest absolute Gasteiger partial charge is 0.494 e. The minimum Gasteiger partial charge on any atom is -0.494 e. The molecular formula is C20H24N2O3. The summed E-state index contributed by atoms with van der Waals surface area (Å²) in [6.07, 6.45) is 0.744. The van der Waals surface area contributed by atoms with E-state index in [1.54, 1.807) is 0 Å². The lowest BCUT2D eigenvalue weighted by molar-refractivity contribution is -0.117. The number of hydrogen-bond acceptors (Lipinski definition) is 4. The van der Waals surface area contributed by atoms with Gasteiger partial charge in [0, 0.05) is 23.5 Å². The van der Waals surface area contributed by atoms with Crippen molar-refractivity contribution in [1.29, 1.82) is 0 Å². The van der Waals surface area contributed by atoms with Crippen molar-refractivity contribution in [3.8, 4) is 5.75 Å². The number of carbonyl (C=O) groups excluding carboxylic acids is 1. The molecule has 2 aromatic rings. The van der Waals surface area contributed by atoms with Crippen LogP contribution in [0.15, 0.2) is 42.5 Å². The average Bonchev–Trinajstić information content (AvgIpc) is 2.98. The van der Waals surface area contributed by atoms with Crippen molar-refractivity contribution in [2.75, 3.05) is 23.4 Å². The molecule has 0 bridgehead atoms. The third kappa shape index (κ3) is 3.77. The molecule has 0 radical (unpaired) electrons. The number of nitrogens with zero attached hydrogens (tertiary/aromatic N) is 1. The van der Waals surface area contributed by atoms with E-state index in [-0.39, 0.29) is 18.6 Å². The first-order valence-electron chi connectivity index (χ1n) is 8.63. The van der Waals surface area contributed by atoms with E-state index in [9.17, 15) is 9.90 Å². The summed E-state index contributed by atoms with van der Waals surface area (Å²) in [5.74, 6) is 0.748. The Kier molecular flexibility index (Phi) is 5.24. The number of rotatable bonds is 6. The lowest BCUT2D eigenvalue weighted by Crippen LogP contribution is -2.33. The van der Waals surface area contributed by atoms with E-state index < -0.39 is 0 Å². The highest BCUT2D eigenvalue weighted by Crippen LogP contribution is 2.27. The monoisotopic (exact) mass is 340 g/mol. The van der Waals surface area contributed by atoms with E-state index in [1.165, 1.54) is 5.56 Å². The van der Waals surface area contributed by atoms with Crippen LogP contribution in [0.3, 0.4) is 0 Å². The molecule has 25 heavy (non-hydrogen) atoms. The van der Waals surface area contributed by atoms with Crippen molar-refractivity contribution in [2.45, 2.75) is 32.9 Å². The number of benzene rings is 2. The van der Waals surface area contributed by atoms with E-state index >= 15 is 0 Å². The van der Waals surface area contributed by atoms with Gasteiger partial charge in [0.15, 0.2) is 0 Å². The molecule has 0 aliphatic carbocycles. The predicted octanol–water partition coefficient (Wildman–Crippen LogP) is 3.10. The zero-order valence-corrected chi connectivity index (χ0v) is 14.7. The van der Waals surface area contributed by atoms with Crippen LogP contribution in [-0.4, -0.2) is 30.2 Å². The van der Waals surface area contributed by atoms with Gasteiger partial charge < -0.3 is 20.1 Å². The molecule has 0 aromatic heterocycles. The minimum atomic E-state index is -0.259. The molecule has 1 aliphatic heterocycles. The standard InChI is InChI=1S/C20H24N2O3/c1-3-25-19-9-6-16(12-15(19)13-23)21-18-10-11-22(20(18)24)17-7-4-14(2)5-8-17/h4-9,12,18,21,23H,3,10-11,13H2,1-2H3. The van der Waals surface area contributed by atoms with Crippen LogP contribution in [0.5, 0.6) is 5.75 Å². The van der Waals surface area contributed by atoms with E-state index in [0.717, 1.165) is 17.8 Å². The topological polar surface area (TPSA) is 61.8 Å². The number of carbonyl (C=O) groups is 1. The van der Waals surface area contributed by atoms with Crippen LogP contribution in [0.25, 0.3) is 0 Å². The van der Waals surface area contributed by atoms with Crippen molar-refractivity contribution in [2.24, 2.45) is 0 Å². The molecule has 2 N–H and O–H groups in total. The fourth-order valence-corrected chi connectivity index (χ4v) is 3.09. The molecule has 1 heterocycles. The smallest absolute Gasteiger partial charge is 0.249 e. The van der Waals surface area contributed by atoms with E-state index in [0.29, 0.717) is 24.5 Å². The molecule has 2 aromatic carbocycles. The van der Waals surface area contributed by atoms with Gasteiger partial charge in [0.1, 0.15) is 11.8 Å². The van der Waals surface area contributed by atoms with Crippen molar-refractivity contribution < 1.29 is 14.6 Å². The Hall–Kier alpha value is -2.53. The van der Waals surface area contributed by atoms with Crippen molar-refractivity contribution in [3.63, 3.8) is 0 Å². The molecule has 1 saturated heterocycles. The number of aliphatic hydroxyl groups excluding tert-OH is 1. The van der Waals surface area contributed by atoms with Crippen LogP contribution in [-0.2, 0) is 11.4 Å². The number of aryl methyl sites for hydroxylation is 1. The molecule has 1 atom stereocenters. The van der Waals surface area contributed by atoms with Gasteiger partial charge in [-0.1, -0.05) is 17.7 Å². The summed E-state index contributed by atoms with van der Waals surface area (Å²) < 4.78 is 5.50. The zero-order chi connectivity index (χ0) is 17.8. The van der Waals surface area contributed by atoms with Crippen LogP contribution in [0.1, 0.15) is 24.5 Å². The molecule has 5 nitrogen and oxygen atoms in total. The Morgan fingerprint density at radius 3 is 2.68 bits per heavy atom. The summed E-state index contributed by atoms with van der Waals surface area (Å²) in [4.78, 5) is 14.5. The molecule has 0 saturated carbocycles. The number of hydrogen-bond donors (Lipinski definition) is 2. The third-order valence-corrected chi connectivity index (χ3v) is 4.42. The summed E-state index contributed by atoms with van der Waals surface area (Å²) in [6, 6.07) is 13.3. The first kappa shape index (κ1) is 17.3. The zero-order valence-electron chi connectivity index (χ0n) is 14.7. The molecule has 3 rings (SSSR count). The van der Waals surface area contributed by atoms with Gasteiger partial charge in [-0.25, -0.2) is 0 Å². The SMILES string of the molecule is CCOc1ccc(NC2CCN(c3ccc(C)cc3)C2=O)cc1CO. The summed E-state index contributed by atoms with van der Waals surface area (Å²) in [6.45, 7) is 5.09. The number of amides is 1. The first-order valence-corrected chi connectivity index (χ1v) is 8.63. The maximum atomic E-state index is 12.7. The van der Waals surface area contributed by atoms with Gasteiger partial charge in [-0.15, -0.1) is 0 Å². The maximum Gasteiger partial charge on any atom is 0.249 e. The fraction of sp³-hybridized carbons (Fsp3) is 0.350. The Labute approximate surface area is 148 Å². The molecule has 1 fully saturated rings. The second kappa shape index (κ2) is 7.57. The van der Waals surface area contributed by atoms with Gasteiger partial charge in [-0.3, -0.25) is 4.79 Å².